The van der Waals surface area contributed by atoms with Crippen molar-refractivity contribution in [2.45, 2.75) is 12.2 Å². The molecule has 11 nitrogen and oxygen atoms in total. The Labute approximate surface area is 213 Å². The smallest absolute Gasteiger partial charge is 0.275 e. The normalized spacial score (nSPS) is 23.2. The van der Waals surface area contributed by atoms with Crippen LogP contribution < -0.4 is 15.1 Å². The van der Waals surface area contributed by atoms with E-state index in [4.69, 9.17) is 4.74 Å². The molecule has 194 valence electrons. The van der Waals surface area contributed by atoms with E-state index in [-0.39, 0.29) is 31.4 Å². The third kappa shape index (κ3) is 5.62. The van der Waals surface area contributed by atoms with E-state index >= 15 is 0 Å². The van der Waals surface area contributed by atoms with Gasteiger partial charge in [0.1, 0.15) is 5.69 Å². The number of rotatable bonds is 6. The lowest BCUT2D eigenvalue weighted by molar-refractivity contribution is -0.132. The predicted octanol–water partition coefficient (Wildman–Crippen LogP) is -0.0820. The van der Waals surface area contributed by atoms with Crippen LogP contribution in [-0.2, 0) is 9.53 Å². The van der Waals surface area contributed by atoms with Crippen molar-refractivity contribution < 1.29 is 24.5 Å². The predicted molar refractivity (Wildman–Crippen MR) is 137 cm³/mol. The SMILES string of the molecule is O=C(Nc1ccccc1N1CCN(CC(=O)N2C[C@@H](O)[C@@H](O)C2)CC1)c1csc(N2CCOCC2)n1. The molecule has 3 fully saturated rings. The molecule has 2 amide bonds. The number of hydrogen-bond donors (Lipinski definition) is 3. The molecule has 3 aliphatic rings. The second-order valence-electron chi connectivity index (χ2n) is 9.28. The molecule has 3 aliphatic heterocycles. The average molecular weight is 517 g/mol. The number of amides is 2. The standard InChI is InChI=1S/C24H32N6O5S/c31-20-13-30(14-21(20)32)22(33)15-27-5-7-28(8-6-27)19-4-2-1-3-17(19)25-23(34)18-16-36-24(26-18)29-9-11-35-12-10-29/h1-4,16,20-21,31-32H,5-15H2,(H,25,34)/t20-,21+. The van der Waals surface area contributed by atoms with Crippen LogP contribution in [0.1, 0.15) is 10.5 Å². The van der Waals surface area contributed by atoms with E-state index in [0.29, 0.717) is 45.1 Å². The van der Waals surface area contributed by atoms with Crippen LogP contribution in [0.3, 0.4) is 0 Å². The molecule has 0 bridgehead atoms. The zero-order valence-electron chi connectivity index (χ0n) is 20.1. The van der Waals surface area contributed by atoms with E-state index < -0.39 is 12.2 Å². The topological polar surface area (TPSA) is 122 Å². The van der Waals surface area contributed by atoms with Crippen LogP contribution in [0.4, 0.5) is 16.5 Å². The van der Waals surface area contributed by atoms with Gasteiger partial charge in [0.05, 0.1) is 43.3 Å². The number of piperazine rings is 1. The van der Waals surface area contributed by atoms with Crippen LogP contribution in [0.2, 0.25) is 0 Å². The molecule has 0 aliphatic carbocycles. The van der Waals surface area contributed by atoms with Gasteiger partial charge >= 0.3 is 0 Å². The van der Waals surface area contributed by atoms with Gasteiger partial charge in [-0.1, -0.05) is 12.1 Å². The van der Waals surface area contributed by atoms with Gasteiger partial charge in [-0.25, -0.2) is 4.98 Å². The minimum absolute atomic E-state index is 0.0774. The number of thiazole rings is 1. The number of carbonyl (C=O) groups excluding carboxylic acids is 2. The molecule has 3 saturated heterocycles. The number of carbonyl (C=O) groups is 2. The van der Waals surface area contributed by atoms with Gasteiger partial charge in [-0.3, -0.25) is 14.5 Å². The zero-order chi connectivity index (χ0) is 25.1. The molecule has 0 saturated carbocycles. The van der Waals surface area contributed by atoms with Crippen molar-refractivity contribution in [2.24, 2.45) is 0 Å². The molecule has 2 atom stereocenters. The molecule has 1 aromatic heterocycles. The Kier molecular flexibility index (Phi) is 7.67. The number of aromatic nitrogens is 1. The summed E-state index contributed by atoms with van der Waals surface area (Å²) in [4.78, 5) is 38.0. The second-order valence-corrected chi connectivity index (χ2v) is 10.1. The molecule has 4 heterocycles. The molecule has 0 radical (unpaired) electrons. The second kappa shape index (κ2) is 11.1. The minimum Gasteiger partial charge on any atom is -0.388 e. The maximum Gasteiger partial charge on any atom is 0.275 e. The number of morpholine rings is 1. The zero-order valence-corrected chi connectivity index (χ0v) is 20.9. The van der Waals surface area contributed by atoms with Gasteiger partial charge in [0.2, 0.25) is 5.91 Å². The molecular weight excluding hydrogens is 484 g/mol. The van der Waals surface area contributed by atoms with E-state index in [1.54, 1.807) is 5.38 Å². The lowest BCUT2D eigenvalue weighted by atomic mass is 10.2. The lowest BCUT2D eigenvalue weighted by Gasteiger charge is -2.37. The molecule has 2 aromatic rings. The van der Waals surface area contributed by atoms with E-state index in [1.165, 1.54) is 16.2 Å². The highest BCUT2D eigenvalue weighted by Gasteiger charge is 2.33. The molecular formula is C24H32N6O5S. The van der Waals surface area contributed by atoms with Crippen molar-refractivity contribution in [1.29, 1.82) is 0 Å². The first-order valence-electron chi connectivity index (χ1n) is 12.3. The van der Waals surface area contributed by atoms with Crippen LogP contribution >= 0.6 is 11.3 Å². The van der Waals surface area contributed by atoms with Crippen molar-refractivity contribution >= 4 is 39.7 Å². The first kappa shape index (κ1) is 24.9. The molecule has 0 spiro atoms. The van der Waals surface area contributed by atoms with Gasteiger partial charge in [0, 0.05) is 57.7 Å². The fraction of sp³-hybridized carbons (Fsp3) is 0.542. The van der Waals surface area contributed by atoms with Crippen LogP contribution in [-0.4, -0.2) is 121 Å². The summed E-state index contributed by atoms with van der Waals surface area (Å²) in [7, 11) is 0. The number of ether oxygens (including phenoxy) is 1. The van der Waals surface area contributed by atoms with Crippen LogP contribution in [0.25, 0.3) is 0 Å². The highest BCUT2D eigenvalue weighted by Crippen LogP contribution is 2.28. The summed E-state index contributed by atoms with van der Waals surface area (Å²) in [6.07, 6.45) is -1.74. The van der Waals surface area contributed by atoms with Gasteiger partial charge < -0.3 is 35.0 Å². The number of aliphatic hydroxyl groups excluding tert-OH is 2. The largest absolute Gasteiger partial charge is 0.388 e. The number of nitrogens with one attached hydrogen (secondary N) is 1. The van der Waals surface area contributed by atoms with Crippen LogP contribution in [0, 0.1) is 0 Å². The summed E-state index contributed by atoms with van der Waals surface area (Å²) < 4.78 is 5.39. The number of hydrogen-bond acceptors (Lipinski definition) is 10. The Morgan fingerprint density at radius 3 is 2.42 bits per heavy atom. The third-order valence-corrected chi connectivity index (χ3v) is 7.74. The molecule has 1 aromatic carbocycles. The summed E-state index contributed by atoms with van der Waals surface area (Å²) in [6, 6.07) is 7.73. The van der Waals surface area contributed by atoms with Crippen molar-refractivity contribution in [3.63, 3.8) is 0 Å². The van der Waals surface area contributed by atoms with Gasteiger partial charge in [0.15, 0.2) is 5.13 Å². The Morgan fingerprint density at radius 1 is 1.00 bits per heavy atom. The quantitative estimate of drug-likeness (QED) is 0.484. The molecule has 3 N–H and O–H groups in total. The third-order valence-electron chi connectivity index (χ3n) is 6.84. The Balaban J connectivity index is 1.16. The van der Waals surface area contributed by atoms with Crippen molar-refractivity contribution in [3.8, 4) is 0 Å². The minimum atomic E-state index is -0.868. The molecule has 36 heavy (non-hydrogen) atoms. The average Bonchev–Trinajstić information content (AvgIpc) is 3.53. The summed E-state index contributed by atoms with van der Waals surface area (Å²) >= 11 is 1.47. The van der Waals surface area contributed by atoms with E-state index in [2.05, 4.69) is 25.0 Å². The first-order chi connectivity index (χ1) is 17.5. The van der Waals surface area contributed by atoms with Gasteiger partial charge in [-0.2, -0.15) is 0 Å². The number of β-amino-alcohol motifs (C(OH)–C–C–N with tert-alkyl or cyclic N) is 2. The van der Waals surface area contributed by atoms with Gasteiger partial charge in [0.25, 0.3) is 5.91 Å². The summed E-state index contributed by atoms with van der Waals surface area (Å²) in [5.41, 5.74) is 2.07. The molecule has 12 heteroatoms. The Hall–Kier alpha value is -2.77. The summed E-state index contributed by atoms with van der Waals surface area (Å²) in [5, 5.41) is 25.1. The van der Waals surface area contributed by atoms with Crippen molar-refractivity contribution in [3.05, 3.63) is 35.3 Å². The lowest BCUT2D eigenvalue weighted by Crippen LogP contribution is -2.50. The van der Waals surface area contributed by atoms with E-state index in [0.717, 1.165) is 29.6 Å². The van der Waals surface area contributed by atoms with E-state index in [9.17, 15) is 19.8 Å². The number of nitrogens with zero attached hydrogens (tertiary/aromatic N) is 5. The van der Waals surface area contributed by atoms with Crippen LogP contribution in [0.5, 0.6) is 0 Å². The fourth-order valence-electron chi connectivity index (χ4n) is 4.72. The van der Waals surface area contributed by atoms with Crippen LogP contribution in [0.15, 0.2) is 29.6 Å². The maximum atomic E-state index is 13.0. The Bertz CT molecular complexity index is 1060. The molecule has 5 rings (SSSR count). The summed E-state index contributed by atoms with van der Waals surface area (Å²) in [5.74, 6) is -0.316. The highest BCUT2D eigenvalue weighted by molar-refractivity contribution is 7.14. The monoisotopic (exact) mass is 516 g/mol. The number of benzene rings is 1. The molecule has 0 unspecified atom stereocenters. The highest BCUT2D eigenvalue weighted by atomic mass is 32.1. The number of likely N-dealkylation sites (tertiary alicyclic amines) is 1. The Morgan fingerprint density at radius 2 is 1.69 bits per heavy atom. The van der Waals surface area contributed by atoms with Crippen molar-refractivity contribution in [1.82, 2.24) is 14.8 Å². The maximum absolute atomic E-state index is 13.0. The fourth-order valence-corrected chi connectivity index (χ4v) is 5.58. The van der Waals surface area contributed by atoms with Gasteiger partial charge in [-0.05, 0) is 12.1 Å². The number of anilines is 3. The van der Waals surface area contributed by atoms with E-state index in [1.807, 2.05) is 24.3 Å². The first-order valence-corrected chi connectivity index (χ1v) is 13.2. The number of aliphatic hydroxyl groups is 2. The van der Waals surface area contributed by atoms with Gasteiger partial charge in [-0.15, -0.1) is 11.3 Å². The van der Waals surface area contributed by atoms with Crippen molar-refractivity contribution in [2.75, 3.05) is 87.2 Å². The summed E-state index contributed by atoms with van der Waals surface area (Å²) in [6.45, 7) is 6.33. The number of para-hydroxylation sites is 2.